The van der Waals surface area contributed by atoms with Gasteiger partial charge in [0, 0.05) is 0 Å². The second kappa shape index (κ2) is 3.80. The van der Waals surface area contributed by atoms with Crippen molar-refractivity contribution in [2.45, 2.75) is 6.54 Å². The van der Waals surface area contributed by atoms with E-state index in [0.717, 1.165) is 0 Å². The summed E-state index contributed by atoms with van der Waals surface area (Å²) < 4.78 is 17.4. The van der Waals surface area contributed by atoms with Crippen molar-refractivity contribution >= 4 is 5.97 Å². The lowest BCUT2D eigenvalue weighted by Crippen LogP contribution is -2.06. The van der Waals surface area contributed by atoms with Gasteiger partial charge in [-0.05, 0) is 0 Å². The summed E-state index contributed by atoms with van der Waals surface area (Å²) in [4.78, 5) is 14.4. The maximum absolute atomic E-state index is 11.8. The second-order valence-corrected chi connectivity index (χ2v) is 2.01. The molecule has 0 N–H and O–H groups in total. The average Bonchev–Trinajstić information content (AvgIpc) is 2.52. The van der Waals surface area contributed by atoms with Crippen LogP contribution in [0.5, 0.6) is 0 Å². The molecule has 0 unspecified atom stereocenters. The Kier molecular flexibility index (Phi) is 2.73. The SMILES string of the molecule is COC(=O)c1ncn(CCF)n1. The zero-order valence-corrected chi connectivity index (χ0v) is 6.53. The van der Waals surface area contributed by atoms with Crippen molar-refractivity contribution in [2.24, 2.45) is 0 Å². The Morgan fingerprint density at radius 1 is 1.83 bits per heavy atom. The molecule has 0 fully saturated rings. The standard InChI is InChI=1S/C6H8FN3O2/c1-12-6(11)5-8-4-10(9-5)3-2-7/h4H,2-3H2,1H3. The lowest BCUT2D eigenvalue weighted by Gasteiger charge is -1.92. The predicted octanol–water partition coefficient (Wildman–Crippen LogP) is 0.0342. The van der Waals surface area contributed by atoms with Gasteiger partial charge in [0.1, 0.15) is 13.0 Å². The van der Waals surface area contributed by atoms with Crippen molar-refractivity contribution in [1.29, 1.82) is 0 Å². The molecule has 0 aliphatic rings. The first-order valence-corrected chi connectivity index (χ1v) is 3.31. The second-order valence-electron chi connectivity index (χ2n) is 2.01. The van der Waals surface area contributed by atoms with E-state index in [1.54, 1.807) is 0 Å². The third kappa shape index (κ3) is 1.77. The minimum Gasteiger partial charge on any atom is -0.463 e. The van der Waals surface area contributed by atoms with Gasteiger partial charge in [-0.2, -0.15) is 0 Å². The van der Waals surface area contributed by atoms with Crippen LogP contribution in [0.3, 0.4) is 0 Å². The number of carbonyl (C=O) groups excluding carboxylic acids is 1. The minimum absolute atomic E-state index is 0.0500. The van der Waals surface area contributed by atoms with Gasteiger partial charge in [-0.1, -0.05) is 0 Å². The quantitative estimate of drug-likeness (QED) is 0.605. The van der Waals surface area contributed by atoms with Gasteiger partial charge in [0.2, 0.25) is 0 Å². The molecule has 0 aliphatic heterocycles. The lowest BCUT2D eigenvalue weighted by atomic mass is 10.6. The van der Waals surface area contributed by atoms with Gasteiger partial charge in [0.05, 0.1) is 13.7 Å². The fourth-order valence-corrected chi connectivity index (χ4v) is 0.674. The predicted molar refractivity (Wildman–Crippen MR) is 37.3 cm³/mol. The molecule has 0 spiro atoms. The van der Waals surface area contributed by atoms with Crippen LogP contribution in [0.4, 0.5) is 4.39 Å². The van der Waals surface area contributed by atoms with Gasteiger partial charge in [-0.15, -0.1) is 5.10 Å². The topological polar surface area (TPSA) is 57.0 Å². The number of methoxy groups -OCH3 is 1. The van der Waals surface area contributed by atoms with Crippen molar-refractivity contribution in [3.63, 3.8) is 0 Å². The highest BCUT2D eigenvalue weighted by molar-refractivity contribution is 5.84. The number of aryl methyl sites for hydroxylation is 1. The fraction of sp³-hybridized carbons (Fsp3) is 0.500. The molecule has 5 nitrogen and oxygen atoms in total. The molecular weight excluding hydrogens is 165 g/mol. The molecule has 1 aromatic rings. The number of rotatable bonds is 3. The van der Waals surface area contributed by atoms with Crippen LogP contribution in [0.2, 0.25) is 0 Å². The summed E-state index contributed by atoms with van der Waals surface area (Å²) in [6, 6.07) is 0. The van der Waals surface area contributed by atoms with Crippen LogP contribution < -0.4 is 0 Å². The molecule has 1 rings (SSSR count). The van der Waals surface area contributed by atoms with Crippen LogP contribution in [-0.2, 0) is 11.3 Å². The summed E-state index contributed by atoms with van der Waals surface area (Å²) in [5, 5.41) is 3.66. The number of hydrogen-bond donors (Lipinski definition) is 0. The molecule has 0 aliphatic carbocycles. The van der Waals surface area contributed by atoms with E-state index in [2.05, 4.69) is 14.8 Å². The summed E-state index contributed by atoms with van der Waals surface area (Å²) >= 11 is 0. The summed E-state index contributed by atoms with van der Waals surface area (Å²) in [6.45, 7) is -0.437. The first kappa shape index (κ1) is 8.63. The highest BCUT2D eigenvalue weighted by Gasteiger charge is 2.10. The largest absolute Gasteiger partial charge is 0.463 e. The Labute approximate surface area is 68.2 Å². The number of aromatic nitrogens is 3. The summed E-state index contributed by atoms with van der Waals surface area (Å²) in [6.07, 6.45) is 1.28. The van der Waals surface area contributed by atoms with Gasteiger partial charge in [0.15, 0.2) is 0 Å². The number of ether oxygens (including phenoxy) is 1. The Hall–Kier alpha value is -1.46. The van der Waals surface area contributed by atoms with Crippen molar-refractivity contribution in [2.75, 3.05) is 13.8 Å². The highest BCUT2D eigenvalue weighted by Crippen LogP contribution is 1.92. The van der Waals surface area contributed by atoms with Crippen LogP contribution in [0.25, 0.3) is 0 Å². The van der Waals surface area contributed by atoms with Crippen molar-refractivity contribution in [3.8, 4) is 0 Å². The average molecular weight is 173 g/mol. The number of esters is 1. The van der Waals surface area contributed by atoms with E-state index >= 15 is 0 Å². The highest BCUT2D eigenvalue weighted by atomic mass is 19.1. The first-order valence-electron chi connectivity index (χ1n) is 3.31. The van der Waals surface area contributed by atoms with Gasteiger partial charge < -0.3 is 4.74 Å². The molecule has 66 valence electrons. The Balaban J connectivity index is 2.70. The molecular formula is C6H8FN3O2. The summed E-state index contributed by atoms with van der Waals surface area (Å²) in [7, 11) is 1.23. The molecule has 6 heteroatoms. The van der Waals surface area contributed by atoms with Gasteiger partial charge >= 0.3 is 5.97 Å². The summed E-state index contributed by atoms with van der Waals surface area (Å²) in [5.74, 6) is -0.668. The smallest absolute Gasteiger partial charge is 0.377 e. The number of alkyl halides is 1. The Morgan fingerprint density at radius 2 is 2.58 bits per heavy atom. The van der Waals surface area contributed by atoms with E-state index < -0.39 is 12.6 Å². The van der Waals surface area contributed by atoms with Crippen molar-refractivity contribution in [1.82, 2.24) is 14.8 Å². The minimum atomic E-state index is -0.618. The first-order chi connectivity index (χ1) is 5.77. The van der Waals surface area contributed by atoms with Crippen molar-refractivity contribution in [3.05, 3.63) is 12.2 Å². The fourth-order valence-electron chi connectivity index (χ4n) is 0.674. The van der Waals surface area contributed by atoms with Gasteiger partial charge in [0.25, 0.3) is 5.82 Å². The molecule has 0 saturated heterocycles. The van der Waals surface area contributed by atoms with Crippen LogP contribution in [0.15, 0.2) is 6.33 Å². The third-order valence-corrected chi connectivity index (χ3v) is 1.22. The van der Waals surface area contributed by atoms with Crippen LogP contribution in [-0.4, -0.2) is 34.5 Å². The van der Waals surface area contributed by atoms with Crippen LogP contribution in [0.1, 0.15) is 10.6 Å². The number of carbonyl (C=O) groups is 1. The monoisotopic (exact) mass is 173 g/mol. The van der Waals surface area contributed by atoms with Crippen LogP contribution >= 0.6 is 0 Å². The van der Waals surface area contributed by atoms with E-state index in [4.69, 9.17) is 0 Å². The molecule has 0 atom stereocenters. The van der Waals surface area contributed by atoms with E-state index in [1.165, 1.54) is 18.1 Å². The molecule has 1 heterocycles. The molecule has 0 radical (unpaired) electrons. The Morgan fingerprint density at radius 3 is 3.17 bits per heavy atom. The molecule has 0 saturated carbocycles. The van der Waals surface area contributed by atoms with E-state index in [0.29, 0.717) is 0 Å². The molecule has 12 heavy (non-hydrogen) atoms. The molecule has 0 bridgehead atoms. The number of halogens is 1. The third-order valence-electron chi connectivity index (χ3n) is 1.22. The van der Waals surface area contributed by atoms with Crippen molar-refractivity contribution < 1.29 is 13.9 Å². The summed E-state index contributed by atoms with van der Waals surface area (Å²) in [5.41, 5.74) is 0. The zero-order valence-electron chi connectivity index (χ0n) is 6.53. The molecule has 0 amide bonds. The van der Waals surface area contributed by atoms with E-state index in [-0.39, 0.29) is 12.4 Å². The normalized spacial score (nSPS) is 9.83. The lowest BCUT2D eigenvalue weighted by molar-refractivity contribution is 0.0586. The number of hydrogen-bond acceptors (Lipinski definition) is 4. The Bertz CT molecular complexity index is 274. The zero-order chi connectivity index (χ0) is 8.97. The van der Waals surface area contributed by atoms with E-state index in [9.17, 15) is 9.18 Å². The molecule has 1 aromatic heterocycles. The van der Waals surface area contributed by atoms with E-state index in [1.807, 2.05) is 0 Å². The van der Waals surface area contributed by atoms with Gasteiger partial charge in [-0.25, -0.2) is 18.9 Å². The van der Waals surface area contributed by atoms with Gasteiger partial charge in [-0.3, -0.25) is 0 Å². The number of nitrogens with zero attached hydrogens (tertiary/aromatic N) is 3. The molecule has 0 aromatic carbocycles. The maximum atomic E-state index is 11.8. The van der Waals surface area contributed by atoms with Crippen LogP contribution in [0, 0.1) is 0 Å². The maximum Gasteiger partial charge on any atom is 0.377 e.